The van der Waals surface area contributed by atoms with Crippen LogP contribution in [0.25, 0.3) is 16.9 Å². The molecule has 0 spiro atoms. The molecule has 0 aliphatic carbocycles. The maximum Gasteiger partial charge on any atom is 0.315 e. The first-order valence-corrected chi connectivity index (χ1v) is 12.3. The van der Waals surface area contributed by atoms with E-state index in [4.69, 9.17) is 5.10 Å². The van der Waals surface area contributed by atoms with Gasteiger partial charge in [-0.15, -0.1) is 0 Å². The molecule has 188 valence electrons. The van der Waals surface area contributed by atoms with Crippen molar-refractivity contribution in [3.05, 3.63) is 108 Å². The average Bonchev–Trinajstić information content (AvgIpc) is 3.52. The van der Waals surface area contributed by atoms with E-state index in [1.165, 1.54) is 12.1 Å². The van der Waals surface area contributed by atoms with E-state index in [1.54, 1.807) is 21.7 Å². The highest BCUT2D eigenvalue weighted by molar-refractivity contribution is 5.89. The van der Waals surface area contributed by atoms with Crippen LogP contribution in [0.1, 0.15) is 30.5 Å². The van der Waals surface area contributed by atoms with Gasteiger partial charge in [-0.1, -0.05) is 60.7 Å². The number of amides is 3. The number of nitrogens with zero attached hydrogens (tertiary/aromatic N) is 3. The van der Waals surface area contributed by atoms with Crippen molar-refractivity contribution in [1.82, 2.24) is 25.3 Å². The topological polar surface area (TPSA) is 79.3 Å². The summed E-state index contributed by atoms with van der Waals surface area (Å²) in [6.07, 6.45) is 2.42. The van der Waals surface area contributed by atoms with Gasteiger partial charge in [-0.3, -0.25) is 4.79 Å². The summed E-state index contributed by atoms with van der Waals surface area (Å²) in [5.41, 5.74) is 4.35. The Hall–Kier alpha value is -4.46. The Kier molecular flexibility index (Phi) is 6.98. The van der Waals surface area contributed by atoms with Crippen molar-refractivity contribution < 1.29 is 14.0 Å². The minimum Gasteiger partial charge on any atom is -0.334 e. The van der Waals surface area contributed by atoms with Gasteiger partial charge in [-0.2, -0.15) is 5.10 Å². The van der Waals surface area contributed by atoms with Crippen LogP contribution in [0, 0.1) is 5.82 Å². The second-order valence-electron chi connectivity index (χ2n) is 9.08. The van der Waals surface area contributed by atoms with Gasteiger partial charge in [0.05, 0.1) is 17.4 Å². The molecular formula is C29H28FN5O2. The predicted octanol–water partition coefficient (Wildman–Crippen LogP) is 4.84. The molecule has 5 rings (SSSR count). The highest BCUT2D eigenvalue weighted by Gasteiger charge is 2.35. The number of rotatable bonds is 7. The van der Waals surface area contributed by atoms with Gasteiger partial charge < -0.3 is 15.5 Å². The second kappa shape index (κ2) is 10.7. The highest BCUT2D eigenvalue weighted by Crippen LogP contribution is 2.26. The van der Waals surface area contributed by atoms with Crippen molar-refractivity contribution in [3.8, 4) is 16.9 Å². The molecule has 2 unspecified atom stereocenters. The fourth-order valence-corrected chi connectivity index (χ4v) is 4.62. The zero-order valence-electron chi connectivity index (χ0n) is 20.5. The molecule has 1 aliphatic rings. The van der Waals surface area contributed by atoms with Crippen LogP contribution in [0.5, 0.6) is 0 Å². The fraction of sp³-hybridized carbons (Fsp3) is 0.207. The lowest BCUT2D eigenvalue weighted by molar-refractivity contribution is -0.131. The van der Waals surface area contributed by atoms with Crippen LogP contribution in [-0.2, 0) is 11.3 Å². The molecule has 3 aromatic carbocycles. The lowest BCUT2D eigenvalue weighted by atomic mass is 10.1. The van der Waals surface area contributed by atoms with E-state index >= 15 is 0 Å². The third kappa shape index (κ3) is 5.38. The van der Waals surface area contributed by atoms with Gasteiger partial charge in [0, 0.05) is 30.4 Å². The first-order chi connectivity index (χ1) is 18.0. The molecule has 2 N–H and O–H groups in total. The van der Waals surface area contributed by atoms with Crippen molar-refractivity contribution >= 4 is 11.9 Å². The van der Waals surface area contributed by atoms with E-state index in [2.05, 4.69) is 10.6 Å². The van der Waals surface area contributed by atoms with Crippen LogP contribution in [0.3, 0.4) is 0 Å². The molecule has 4 aromatic rings. The van der Waals surface area contributed by atoms with Crippen LogP contribution < -0.4 is 10.6 Å². The Balaban J connectivity index is 1.24. The Labute approximate surface area is 214 Å². The first kappa shape index (κ1) is 24.2. The second-order valence-corrected chi connectivity index (χ2v) is 9.08. The molecule has 2 heterocycles. The van der Waals surface area contributed by atoms with Crippen molar-refractivity contribution in [3.63, 3.8) is 0 Å². The maximum absolute atomic E-state index is 13.3. The number of para-hydroxylation sites is 1. The number of aromatic nitrogens is 2. The number of benzene rings is 3. The molecule has 1 aromatic heterocycles. The highest BCUT2D eigenvalue weighted by atomic mass is 19.1. The average molecular weight is 498 g/mol. The number of likely N-dealkylation sites (tertiary alicyclic amines) is 1. The molecule has 2 atom stereocenters. The number of halogens is 1. The van der Waals surface area contributed by atoms with E-state index in [0.29, 0.717) is 13.0 Å². The fourth-order valence-electron chi connectivity index (χ4n) is 4.62. The summed E-state index contributed by atoms with van der Waals surface area (Å²) in [7, 11) is 0. The Bertz CT molecular complexity index is 1370. The number of hydrogen-bond acceptors (Lipinski definition) is 3. The largest absolute Gasteiger partial charge is 0.334 e. The van der Waals surface area contributed by atoms with E-state index in [9.17, 15) is 14.0 Å². The van der Waals surface area contributed by atoms with Crippen LogP contribution in [0.4, 0.5) is 9.18 Å². The molecule has 1 aliphatic heterocycles. The minimum atomic E-state index is -0.608. The van der Waals surface area contributed by atoms with Crippen molar-refractivity contribution in [2.24, 2.45) is 0 Å². The van der Waals surface area contributed by atoms with Gasteiger partial charge >= 0.3 is 6.03 Å². The SMILES string of the molecule is CC(c1ccc(F)cc1)N1CCC(NC(=O)NCc2cn(-c3ccccc3)nc2-c2ccccc2)C1=O. The number of carbonyl (C=O) groups is 2. The lowest BCUT2D eigenvalue weighted by Gasteiger charge is -2.25. The van der Waals surface area contributed by atoms with Crippen molar-refractivity contribution in [1.29, 1.82) is 0 Å². The molecule has 0 bridgehead atoms. The molecular weight excluding hydrogens is 469 g/mol. The lowest BCUT2D eigenvalue weighted by Crippen LogP contribution is -2.46. The first-order valence-electron chi connectivity index (χ1n) is 12.3. The quantitative estimate of drug-likeness (QED) is 0.384. The molecule has 1 saturated heterocycles. The summed E-state index contributed by atoms with van der Waals surface area (Å²) < 4.78 is 15.1. The van der Waals surface area contributed by atoms with Crippen LogP contribution in [0.15, 0.2) is 91.1 Å². The summed E-state index contributed by atoms with van der Waals surface area (Å²) in [5, 5.41) is 10.5. The molecule has 1 fully saturated rings. The van der Waals surface area contributed by atoms with Crippen LogP contribution >= 0.6 is 0 Å². The van der Waals surface area contributed by atoms with Crippen LogP contribution in [-0.4, -0.2) is 39.2 Å². The summed E-state index contributed by atoms with van der Waals surface area (Å²) >= 11 is 0. The van der Waals surface area contributed by atoms with Gasteiger partial charge in [-0.25, -0.2) is 13.9 Å². The minimum absolute atomic E-state index is 0.145. The molecule has 3 amide bonds. The monoisotopic (exact) mass is 497 g/mol. The zero-order chi connectivity index (χ0) is 25.8. The maximum atomic E-state index is 13.3. The third-order valence-corrected chi connectivity index (χ3v) is 6.66. The molecule has 7 nitrogen and oxygen atoms in total. The molecule has 37 heavy (non-hydrogen) atoms. The van der Waals surface area contributed by atoms with Gasteiger partial charge in [0.1, 0.15) is 11.9 Å². The number of hydrogen-bond donors (Lipinski definition) is 2. The Morgan fingerprint density at radius 1 is 1.03 bits per heavy atom. The van der Waals surface area contributed by atoms with Crippen molar-refractivity contribution in [2.45, 2.75) is 32.0 Å². The van der Waals surface area contributed by atoms with E-state index in [-0.39, 0.29) is 24.3 Å². The van der Waals surface area contributed by atoms with E-state index < -0.39 is 12.1 Å². The van der Waals surface area contributed by atoms with Crippen LogP contribution in [0.2, 0.25) is 0 Å². The van der Waals surface area contributed by atoms with Gasteiger partial charge in [0.2, 0.25) is 5.91 Å². The number of carbonyl (C=O) groups excluding carboxylic acids is 2. The zero-order valence-corrected chi connectivity index (χ0v) is 20.5. The predicted molar refractivity (Wildman–Crippen MR) is 139 cm³/mol. The summed E-state index contributed by atoms with van der Waals surface area (Å²) in [4.78, 5) is 27.5. The Morgan fingerprint density at radius 3 is 2.41 bits per heavy atom. The van der Waals surface area contributed by atoms with Crippen molar-refractivity contribution in [2.75, 3.05) is 6.54 Å². The van der Waals surface area contributed by atoms with E-state index in [1.807, 2.05) is 73.8 Å². The van der Waals surface area contributed by atoms with Gasteiger partial charge in [0.25, 0.3) is 0 Å². The third-order valence-electron chi connectivity index (χ3n) is 6.66. The number of nitrogens with one attached hydrogen (secondary N) is 2. The summed E-state index contributed by atoms with van der Waals surface area (Å²) in [6.45, 7) is 2.67. The molecule has 0 radical (unpaired) electrons. The Morgan fingerprint density at radius 2 is 1.70 bits per heavy atom. The standard InChI is InChI=1S/C29H28FN5O2/c1-20(21-12-14-24(30)15-13-21)34-17-16-26(28(34)36)32-29(37)31-18-23-19-35(25-10-6-3-7-11-25)33-27(23)22-8-4-2-5-9-22/h2-15,19-20,26H,16-18H2,1H3,(H2,31,32,37). The van der Waals surface area contributed by atoms with E-state index in [0.717, 1.165) is 28.1 Å². The number of urea groups is 1. The van der Waals surface area contributed by atoms with Gasteiger partial charge in [-0.05, 0) is 43.2 Å². The smallest absolute Gasteiger partial charge is 0.315 e. The van der Waals surface area contributed by atoms with Gasteiger partial charge in [0.15, 0.2) is 0 Å². The molecule has 8 heteroatoms. The molecule has 0 saturated carbocycles. The summed E-state index contributed by atoms with van der Waals surface area (Å²) in [5.74, 6) is -0.460. The normalized spacial score (nSPS) is 16.0. The summed E-state index contributed by atoms with van der Waals surface area (Å²) in [6, 6.07) is 24.5.